The van der Waals surface area contributed by atoms with Gasteiger partial charge in [-0.05, 0) is 43.7 Å². The Morgan fingerprint density at radius 1 is 1.40 bits per heavy atom. The van der Waals surface area contributed by atoms with E-state index in [0.29, 0.717) is 5.41 Å². The molecule has 2 aliphatic rings. The van der Waals surface area contributed by atoms with E-state index in [1.807, 2.05) is 0 Å². The van der Waals surface area contributed by atoms with E-state index in [4.69, 9.17) is 0 Å². The molecular weight excluding hydrogens is 184 g/mol. The van der Waals surface area contributed by atoms with Crippen LogP contribution < -0.4 is 5.32 Å². The molecule has 2 atom stereocenters. The summed E-state index contributed by atoms with van der Waals surface area (Å²) in [5.74, 6) is 0.908. The first kappa shape index (κ1) is 11.4. The summed E-state index contributed by atoms with van der Waals surface area (Å²) in [4.78, 5) is 2.71. The van der Waals surface area contributed by atoms with Crippen molar-refractivity contribution in [2.75, 3.05) is 32.7 Å². The predicted octanol–water partition coefficient (Wildman–Crippen LogP) is 2.11. The smallest absolute Gasteiger partial charge is 0.00481 e. The molecule has 88 valence electrons. The molecule has 2 heteroatoms. The van der Waals surface area contributed by atoms with E-state index in [2.05, 4.69) is 24.1 Å². The van der Waals surface area contributed by atoms with Crippen molar-refractivity contribution in [3.05, 3.63) is 0 Å². The minimum absolute atomic E-state index is 0.546. The van der Waals surface area contributed by atoms with Crippen molar-refractivity contribution in [1.82, 2.24) is 10.2 Å². The third-order valence-electron chi connectivity index (χ3n) is 4.05. The van der Waals surface area contributed by atoms with Gasteiger partial charge in [0.25, 0.3) is 0 Å². The lowest BCUT2D eigenvalue weighted by Gasteiger charge is -2.32. The third-order valence-corrected chi connectivity index (χ3v) is 4.05. The number of hydrogen-bond donors (Lipinski definition) is 1. The van der Waals surface area contributed by atoms with E-state index < -0.39 is 0 Å². The lowest BCUT2D eigenvalue weighted by atomic mass is 9.89. The van der Waals surface area contributed by atoms with Crippen LogP contribution in [0.1, 0.15) is 39.5 Å². The SMILES string of the molecule is CC1CCCCN(CC2(C)CCNC2)C1. The molecule has 2 heterocycles. The Balaban J connectivity index is 1.86. The average molecular weight is 210 g/mol. The van der Waals surface area contributed by atoms with Crippen LogP contribution >= 0.6 is 0 Å². The molecule has 2 saturated heterocycles. The molecule has 0 aromatic rings. The minimum atomic E-state index is 0.546. The van der Waals surface area contributed by atoms with Gasteiger partial charge in [0.05, 0.1) is 0 Å². The van der Waals surface area contributed by atoms with Crippen LogP contribution in [0.4, 0.5) is 0 Å². The molecule has 2 fully saturated rings. The average Bonchev–Trinajstić information content (AvgIpc) is 2.49. The number of hydrogen-bond acceptors (Lipinski definition) is 2. The fourth-order valence-electron chi connectivity index (χ4n) is 3.14. The Bertz CT molecular complexity index is 197. The fourth-order valence-corrected chi connectivity index (χ4v) is 3.14. The molecule has 0 aliphatic carbocycles. The van der Waals surface area contributed by atoms with Gasteiger partial charge in [-0.15, -0.1) is 0 Å². The molecular formula is C13H26N2. The van der Waals surface area contributed by atoms with Crippen molar-refractivity contribution in [2.45, 2.75) is 39.5 Å². The topological polar surface area (TPSA) is 15.3 Å². The van der Waals surface area contributed by atoms with E-state index >= 15 is 0 Å². The Morgan fingerprint density at radius 2 is 2.27 bits per heavy atom. The van der Waals surface area contributed by atoms with Crippen molar-refractivity contribution in [3.63, 3.8) is 0 Å². The zero-order valence-corrected chi connectivity index (χ0v) is 10.4. The number of nitrogens with one attached hydrogen (secondary N) is 1. The highest BCUT2D eigenvalue weighted by Crippen LogP contribution is 2.27. The van der Waals surface area contributed by atoms with Gasteiger partial charge in [-0.1, -0.05) is 20.3 Å². The zero-order chi connectivity index (χ0) is 10.7. The molecule has 0 bridgehead atoms. The van der Waals surface area contributed by atoms with Gasteiger partial charge in [-0.25, -0.2) is 0 Å². The second kappa shape index (κ2) is 4.84. The third kappa shape index (κ3) is 3.18. The van der Waals surface area contributed by atoms with E-state index in [1.54, 1.807) is 0 Å². The molecule has 2 aliphatic heterocycles. The molecule has 2 nitrogen and oxygen atoms in total. The van der Waals surface area contributed by atoms with E-state index in [9.17, 15) is 0 Å². The summed E-state index contributed by atoms with van der Waals surface area (Å²) >= 11 is 0. The number of rotatable bonds is 2. The van der Waals surface area contributed by atoms with Crippen molar-refractivity contribution in [1.29, 1.82) is 0 Å². The highest BCUT2D eigenvalue weighted by atomic mass is 15.1. The maximum absolute atomic E-state index is 3.50. The molecule has 0 spiro atoms. The molecule has 0 saturated carbocycles. The second-order valence-electron chi connectivity index (χ2n) is 6.07. The summed E-state index contributed by atoms with van der Waals surface area (Å²) in [5.41, 5.74) is 0.546. The van der Waals surface area contributed by atoms with Crippen LogP contribution in [-0.2, 0) is 0 Å². The van der Waals surface area contributed by atoms with Gasteiger partial charge >= 0.3 is 0 Å². The summed E-state index contributed by atoms with van der Waals surface area (Å²) in [5, 5.41) is 3.50. The quantitative estimate of drug-likeness (QED) is 0.751. The van der Waals surface area contributed by atoms with E-state index in [0.717, 1.165) is 5.92 Å². The first-order chi connectivity index (χ1) is 7.18. The van der Waals surface area contributed by atoms with Crippen molar-refractivity contribution in [3.8, 4) is 0 Å². The van der Waals surface area contributed by atoms with E-state index in [1.165, 1.54) is 58.4 Å². The molecule has 0 radical (unpaired) electrons. The molecule has 2 rings (SSSR count). The molecule has 0 aromatic carbocycles. The molecule has 2 unspecified atom stereocenters. The van der Waals surface area contributed by atoms with Gasteiger partial charge in [0, 0.05) is 19.6 Å². The van der Waals surface area contributed by atoms with Gasteiger partial charge in [-0.2, -0.15) is 0 Å². The Morgan fingerprint density at radius 3 is 3.00 bits per heavy atom. The summed E-state index contributed by atoms with van der Waals surface area (Å²) in [7, 11) is 0. The molecule has 1 N–H and O–H groups in total. The van der Waals surface area contributed by atoms with Crippen LogP contribution in [0.5, 0.6) is 0 Å². The first-order valence-corrected chi connectivity index (χ1v) is 6.61. The number of likely N-dealkylation sites (tertiary alicyclic amines) is 1. The van der Waals surface area contributed by atoms with Crippen LogP contribution in [0, 0.1) is 11.3 Å². The first-order valence-electron chi connectivity index (χ1n) is 6.61. The lowest BCUT2D eigenvalue weighted by molar-refractivity contribution is 0.169. The van der Waals surface area contributed by atoms with Gasteiger partial charge in [0.1, 0.15) is 0 Å². The number of nitrogens with zero attached hydrogens (tertiary/aromatic N) is 1. The predicted molar refractivity (Wildman–Crippen MR) is 65.0 cm³/mol. The van der Waals surface area contributed by atoms with Crippen LogP contribution in [0.3, 0.4) is 0 Å². The summed E-state index contributed by atoms with van der Waals surface area (Å²) in [6.45, 7) is 11.3. The summed E-state index contributed by atoms with van der Waals surface area (Å²) < 4.78 is 0. The minimum Gasteiger partial charge on any atom is -0.316 e. The van der Waals surface area contributed by atoms with Crippen molar-refractivity contribution in [2.24, 2.45) is 11.3 Å². The Kier molecular flexibility index (Phi) is 3.68. The second-order valence-corrected chi connectivity index (χ2v) is 6.07. The van der Waals surface area contributed by atoms with E-state index in [-0.39, 0.29) is 0 Å². The highest BCUT2D eigenvalue weighted by Gasteiger charge is 2.31. The standard InChI is InChI=1S/C13H26N2/c1-12-5-3-4-8-15(9-12)11-13(2)6-7-14-10-13/h12,14H,3-11H2,1-2H3. The highest BCUT2D eigenvalue weighted by molar-refractivity contribution is 4.87. The lowest BCUT2D eigenvalue weighted by Crippen LogP contribution is -2.39. The maximum Gasteiger partial charge on any atom is 0.00481 e. The van der Waals surface area contributed by atoms with Crippen molar-refractivity contribution >= 4 is 0 Å². The van der Waals surface area contributed by atoms with Gasteiger partial charge in [0.15, 0.2) is 0 Å². The summed E-state index contributed by atoms with van der Waals surface area (Å²) in [6.07, 6.45) is 5.64. The van der Waals surface area contributed by atoms with Gasteiger partial charge in [0.2, 0.25) is 0 Å². The monoisotopic (exact) mass is 210 g/mol. The molecule has 0 aromatic heterocycles. The fraction of sp³-hybridized carbons (Fsp3) is 1.00. The summed E-state index contributed by atoms with van der Waals surface area (Å²) in [6, 6.07) is 0. The van der Waals surface area contributed by atoms with Crippen LogP contribution in [-0.4, -0.2) is 37.6 Å². The van der Waals surface area contributed by atoms with Crippen LogP contribution in [0.15, 0.2) is 0 Å². The van der Waals surface area contributed by atoms with Crippen LogP contribution in [0.2, 0.25) is 0 Å². The molecule has 15 heavy (non-hydrogen) atoms. The van der Waals surface area contributed by atoms with Crippen molar-refractivity contribution < 1.29 is 0 Å². The van der Waals surface area contributed by atoms with Crippen LogP contribution in [0.25, 0.3) is 0 Å². The van der Waals surface area contributed by atoms with Gasteiger partial charge in [-0.3, -0.25) is 0 Å². The Hall–Kier alpha value is -0.0800. The normalized spacial score (nSPS) is 39.2. The Labute approximate surface area is 94.4 Å². The zero-order valence-electron chi connectivity index (χ0n) is 10.4. The molecule has 0 amide bonds. The van der Waals surface area contributed by atoms with Gasteiger partial charge < -0.3 is 10.2 Å². The largest absolute Gasteiger partial charge is 0.316 e. The maximum atomic E-state index is 3.50.